The largest absolute Gasteiger partial charge is 0.395 e. The molecule has 0 aliphatic heterocycles. The molecule has 1 aromatic rings. The van der Waals surface area contributed by atoms with E-state index in [1.165, 1.54) is 12.8 Å². The van der Waals surface area contributed by atoms with Crippen molar-refractivity contribution in [3.63, 3.8) is 0 Å². The van der Waals surface area contributed by atoms with Crippen LogP contribution in [0.3, 0.4) is 0 Å². The highest BCUT2D eigenvalue weighted by Gasteiger charge is 2.16. The predicted molar refractivity (Wildman–Crippen MR) is 82.7 cm³/mol. The Balaban J connectivity index is 1.87. The average Bonchev–Trinajstić information content (AvgIpc) is 2.99. The molecule has 4 heteroatoms. The molecule has 0 aromatic heterocycles. The summed E-state index contributed by atoms with van der Waals surface area (Å²) < 4.78 is 0. The van der Waals surface area contributed by atoms with Gasteiger partial charge >= 0.3 is 6.03 Å². The van der Waals surface area contributed by atoms with Crippen molar-refractivity contribution < 1.29 is 9.90 Å². The van der Waals surface area contributed by atoms with Crippen LogP contribution in [-0.2, 0) is 6.54 Å². The van der Waals surface area contributed by atoms with Crippen LogP contribution in [0.25, 0.3) is 0 Å². The molecule has 0 radical (unpaired) electrons. The molecule has 112 valence electrons. The highest BCUT2D eigenvalue weighted by atomic mass is 16.2. The Morgan fingerprint density at radius 1 is 1.29 bits per heavy atom. The molecule has 0 bridgehead atoms. The fourth-order valence-electron chi connectivity index (χ4n) is 2.49. The Hall–Kier alpha value is -1.99. The van der Waals surface area contributed by atoms with Gasteiger partial charge in [0.2, 0.25) is 0 Å². The number of carbonyl (C=O) groups is 1. The second-order valence-corrected chi connectivity index (χ2v) is 5.24. The van der Waals surface area contributed by atoms with Crippen LogP contribution < -0.4 is 10.6 Å². The minimum Gasteiger partial charge on any atom is -0.395 e. The highest BCUT2D eigenvalue weighted by Crippen LogP contribution is 2.17. The molecule has 0 spiro atoms. The maximum atomic E-state index is 11.9. The van der Waals surface area contributed by atoms with E-state index in [-0.39, 0.29) is 12.6 Å². The van der Waals surface area contributed by atoms with Gasteiger partial charge in [0.1, 0.15) is 0 Å². The molecule has 1 aliphatic rings. The van der Waals surface area contributed by atoms with Gasteiger partial charge in [0.25, 0.3) is 0 Å². The van der Waals surface area contributed by atoms with Gasteiger partial charge in [-0.25, -0.2) is 4.79 Å². The lowest BCUT2D eigenvalue weighted by Gasteiger charge is -2.13. The van der Waals surface area contributed by atoms with Gasteiger partial charge in [-0.1, -0.05) is 42.9 Å². The Kier molecular flexibility index (Phi) is 6.11. The summed E-state index contributed by atoms with van der Waals surface area (Å²) in [5.74, 6) is 5.94. The van der Waals surface area contributed by atoms with Crippen molar-refractivity contribution in [1.29, 1.82) is 0 Å². The molecule has 0 atom stereocenters. The fourth-order valence-corrected chi connectivity index (χ4v) is 2.49. The first kappa shape index (κ1) is 15.4. The van der Waals surface area contributed by atoms with Gasteiger partial charge < -0.3 is 15.7 Å². The SMILES string of the molecule is O=C(NCc1ccccc1C#CCCO)NC1CCCC1. The van der Waals surface area contributed by atoms with Crippen LogP contribution in [-0.4, -0.2) is 23.8 Å². The molecular formula is C17H22N2O2. The number of aliphatic hydroxyl groups excluding tert-OH is 1. The summed E-state index contributed by atoms with van der Waals surface area (Å²) >= 11 is 0. The Morgan fingerprint density at radius 3 is 2.81 bits per heavy atom. The monoisotopic (exact) mass is 286 g/mol. The van der Waals surface area contributed by atoms with Gasteiger partial charge in [-0.15, -0.1) is 0 Å². The predicted octanol–water partition coefficient (Wildman–Crippen LogP) is 2.16. The van der Waals surface area contributed by atoms with E-state index in [2.05, 4.69) is 22.5 Å². The first-order valence-electron chi connectivity index (χ1n) is 7.51. The third-order valence-corrected chi connectivity index (χ3v) is 3.61. The number of carbonyl (C=O) groups excluding carboxylic acids is 1. The number of rotatable bonds is 4. The number of hydrogen-bond acceptors (Lipinski definition) is 2. The molecule has 1 fully saturated rings. The summed E-state index contributed by atoms with van der Waals surface area (Å²) in [6.07, 6.45) is 5.03. The number of nitrogens with one attached hydrogen (secondary N) is 2. The zero-order valence-corrected chi connectivity index (χ0v) is 12.2. The van der Waals surface area contributed by atoms with Crippen LogP contribution in [0.5, 0.6) is 0 Å². The number of aliphatic hydroxyl groups is 1. The summed E-state index contributed by atoms with van der Waals surface area (Å²) in [5.41, 5.74) is 1.89. The van der Waals surface area contributed by atoms with Crippen LogP contribution >= 0.6 is 0 Å². The molecule has 4 nitrogen and oxygen atoms in total. The normalized spacial score (nSPS) is 14.3. The van der Waals surface area contributed by atoms with Crippen molar-refractivity contribution in [2.24, 2.45) is 0 Å². The van der Waals surface area contributed by atoms with Gasteiger partial charge in [-0.3, -0.25) is 0 Å². The fraction of sp³-hybridized carbons (Fsp3) is 0.471. The van der Waals surface area contributed by atoms with Crippen LogP contribution in [0.4, 0.5) is 4.79 Å². The van der Waals surface area contributed by atoms with E-state index in [0.29, 0.717) is 19.0 Å². The topological polar surface area (TPSA) is 61.4 Å². The summed E-state index contributed by atoms with van der Waals surface area (Å²) in [6, 6.07) is 7.95. The summed E-state index contributed by atoms with van der Waals surface area (Å²) in [5, 5.41) is 14.6. The third-order valence-electron chi connectivity index (χ3n) is 3.61. The van der Waals surface area contributed by atoms with E-state index >= 15 is 0 Å². The minimum atomic E-state index is -0.111. The van der Waals surface area contributed by atoms with Crippen molar-refractivity contribution in [3.05, 3.63) is 35.4 Å². The molecule has 2 amide bonds. The lowest BCUT2D eigenvalue weighted by atomic mass is 10.1. The van der Waals surface area contributed by atoms with E-state index in [9.17, 15) is 4.79 Å². The summed E-state index contributed by atoms with van der Waals surface area (Å²) in [6.45, 7) is 0.528. The molecule has 0 heterocycles. The van der Waals surface area contributed by atoms with Gasteiger partial charge in [0.15, 0.2) is 0 Å². The Labute approximate surface area is 125 Å². The van der Waals surface area contributed by atoms with E-state index in [1.807, 2.05) is 24.3 Å². The second kappa shape index (κ2) is 8.33. The first-order chi connectivity index (χ1) is 10.3. The standard InChI is InChI=1S/C17H22N2O2/c20-12-6-5-8-14-7-1-2-9-15(14)13-18-17(21)19-16-10-3-4-11-16/h1-2,7,9,16,20H,3-4,6,10-13H2,(H2,18,19,21). The Morgan fingerprint density at radius 2 is 2.05 bits per heavy atom. The smallest absolute Gasteiger partial charge is 0.315 e. The lowest BCUT2D eigenvalue weighted by molar-refractivity contribution is 0.236. The quantitative estimate of drug-likeness (QED) is 0.743. The zero-order chi connectivity index (χ0) is 14.9. The molecular weight excluding hydrogens is 264 g/mol. The number of urea groups is 1. The molecule has 0 saturated heterocycles. The molecule has 3 N–H and O–H groups in total. The van der Waals surface area contributed by atoms with Crippen LogP contribution in [0.15, 0.2) is 24.3 Å². The molecule has 1 aliphatic carbocycles. The number of hydrogen-bond donors (Lipinski definition) is 3. The van der Waals surface area contributed by atoms with Gasteiger partial charge in [0, 0.05) is 24.6 Å². The van der Waals surface area contributed by atoms with Crippen molar-refractivity contribution in [3.8, 4) is 11.8 Å². The maximum absolute atomic E-state index is 11.9. The van der Waals surface area contributed by atoms with E-state index < -0.39 is 0 Å². The van der Waals surface area contributed by atoms with Crippen LogP contribution in [0, 0.1) is 11.8 Å². The minimum absolute atomic E-state index is 0.0667. The molecule has 0 unspecified atom stereocenters. The van der Waals surface area contributed by atoms with Gasteiger partial charge in [-0.2, -0.15) is 0 Å². The molecule has 21 heavy (non-hydrogen) atoms. The number of benzene rings is 1. The van der Waals surface area contributed by atoms with E-state index in [0.717, 1.165) is 24.0 Å². The first-order valence-corrected chi connectivity index (χ1v) is 7.51. The number of amides is 2. The van der Waals surface area contributed by atoms with Crippen LogP contribution in [0.2, 0.25) is 0 Å². The van der Waals surface area contributed by atoms with Crippen LogP contribution in [0.1, 0.15) is 43.2 Å². The summed E-state index contributed by atoms with van der Waals surface area (Å²) in [7, 11) is 0. The van der Waals surface area contributed by atoms with Gasteiger partial charge in [0.05, 0.1) is 6.61 Å². The summed E-state index contributed by atoms with van der Waals surface area (Å²) in [4.78, 5) is 11.9. The van der Waals surface area contributed by atoms with E-state index in [4.69, 9.17) is 5.11 Å². The zero-order valence-electron chi connectivity index (χ0n) is 12.2. The average molecular weight is 286 g/mol. The van der Waals surface area contributed by atoms with Crippen molar-refractivity contribution in [2.75, 3.05) is 6.61 Å². The molecule has 1 aromatic carbocycles. The van der Waals surface area contributed by atoms with E-state index in [1.54, 1.807) is 0 Å². The van der Waals surface area contributed by atoms with Crippen molar-refractivity contribution in [1.82, 2.24) is 10.6 Å². The molecule has 1 saturated carbocycles. The van der Waals surface area contributed by atoms with Gasteiger partial charge in [-0.05, 0) is 24.5 Å². The maximum Gasteiger partial charge on any atom is 0.315 e. The van der Waals surface area contributed by atoms with Crippen molar-refractivity contribution in [2.45, 2.75) is 44.7 Å². The highest BCUT2D eigenvalue weighted by molar-refractivity contribution is 5.74. The van der Waals surface area contributed by atoms with Crippen molar-refractivity contribution >= 4 is 6.03 Å². The Bertz CT molecular complexity index is 525. The molecule has 2 rings (SSSR count). The lowest BCUT2D eigenvalue weighted by Crippen LogP contribution is -2.40. The second-order valence-electron chi connectivity index (χ2n) is 5.24. The third kappa shape index (κ3) is 5.13.